The van der Waals surface area contributed by atoms with Gasteiger partial charge in [-0.05, 0) is 35.6 Å². The Balaban J connectivity index is 1.52. The van der Waals surface area contributed by atoms with E-state index in [1.165, 1.54) is 6.07 Å². The van der Waals surface area contributed by atoms with Crippen molar-refractivity contribution >= 4 is 17.4 Å². The molecule has 7 heteroatoms. The van der Waals surface area contributed by atoms with E-state index in [4.69, 9.17) is 4.74 Å². The molecule has 30 heavy (non-hydrogen) atoms. The number of Topliss-reactive ketones (excluding diaryl/α,β-unsaturated/α-hetero) is 1. The maximum atomic E-state index is 12.8. The minimum absolute atomic E-state index is 0.0413. The summed E-state index contributed by atoms with van der Waals surface area (Å²) in [6.45, 7) is 7.99. The molecule has 1 aliphatic heterocycles. The first kappa shape index (κ1) is 20.5. The van der Waals surface area contributed by atoms with Crippen LogP contribution in [0.5, 0.6) is 0 Å². The lowest BCUT2D eigenvalue weighted by molar-refractivity contribution is 0.0342. The van der Waals surface area contributed by atoms with Crippen LogP contribution in [0.15, 0.2) is 35.1 Å². The van der Waals surface area contributed by atoms with Crippen LogP contribution in [-0.4, -0.2) is 47.9 Å². The molecule has 158 valence electrons. The van der Waals surface area contributed by atoms with Gasteiger partial charge in [0.25, 0.3) is 11.5 Å². The van der Waals surface area contributed by atoms with Crippen molar-refractivity contribution in [1.29, 1.82) is 0 Å². The zero-order chi connectivity index (χ0) is 21.3. The zero-order valence-corrected chi connectivity index (χ0v) is 17.4. The molecule has 2 aromatic rings. The Bertz CT molecular complexity index is 1030. The Labute approximate surface area is 175 Å². The number of ketones is 1. The first-order valence-electron chi connectivity index (χ1n) is 10.3. The van der Waals surface area contributed by atoms with E-state index in [1.54, 1.807) is 6.07 Å². The van der Waals surface area contributed by atoms with Gasteiger partial charge in [-0.3, -0.25) is 19.3 Å². The second-order valence-electron chi connectivity index (χ2n) is 8.89. The van der Waals surface area contributed by atoms with Crippen LogP contribution in [-0.2, 0) is 17.7 Å². The largest absolute Gasteiger partial charge is 0.379 e. The first-order valence-corrected chi connectivity index (χ1v) is 10.3. The van der Waals surface area contributed by atoms with Crippen molar-refractivity contribution in [2.24, 2.45) is 5.41 Å². The number of amides is 1. The lowest BCUT2D eigenvalue weighted by Gasteiger charge is -2.29. The second kappa shape index (κ2) is 8.16. The molecule has 0 atom stereocenters. The molecule has 2 N–H and O–H groups in total. The van der Waals surface area contributed by atoms with Gasteiger partial charge >= 0.3 is 0 Å². The van der Waals surface area contributed by atoms with Crippen LogP contribution in [0.2, 0.25) is 0 Å². The number of H-pyrrole nitrogens is 1. The summed E-state index contributed by atoms with van der Waals surface area (Å²) in [7, 11) is 0. The summed E-state index contributed by atoms with van der Waals surface area (Å²) in [5, 5.41) is 2.80. The van der Waals surface area contributed by atoms with E-state index in [0.717, 1.165) is 38.4 Å². The van der Waals surface area contributed by atoms with Crippen molar-refractivity contribution in [1.82, 2.24) is 9.88 Å². The molecule has 7 nitrogen and oxygen atoms in total. The van der Waals surface area contributed by atoms with Crippen molar-refractivity contribution < 1.29 is 14.3 Å². The number of hydrogen-bond acceptors (Lipinski definition) is 5. The molecule has 0 spiro atoms. The average Bonchev–Trinajstić information content (AvgIpc) is 2.67. The Kier molecular flexibility index (Phi) is 5.58. The summed E-state index contributed by atoms with van der Waals surface area (Å²) in [5.74, 6) is -0.556. The SMILES string of the molecule is CC1(C)CC(=O)c2cc(C(=O)Nc3cccc(CN4CCOCC4)c3)c(=O)[nH]c2C1. The van der Waals surface area contributed by atoms with Crippen LogP contribution < -0.4 is 10.9 Å². The molecule has 1 fully saturated rings. The van der Waals surface area contributed by atoms with Crippen molar-refractivity contribution in [2.45, 2.75) is 33.2 Å². The summed E-state index contributed by atoms with van der Waals surface area (Å²) >= 11 is 0. The van der Waals surface area contributed by atoms with Gasteiger partial charge in [0.2, 0.25) is 0 Å². The smallest absolute Gasteiger partial charge is 0.261 e. The van der Waals surface area contributed by atoms with Crippen LogP contribution in [0.25, 0.3) is 0 Å². The highest BCUT2D eigenvalue weighted by Crippen LogP contribution is 2.33. The normalized spacial score (nSPS) is 18.7. The molecule has 1 aromatic carbocycles. The standard InChI is InChI=1S/C23H27N3O4/c1-23(2)12-19-17(20(27)13-23)11-18(22(29)25-19)21(28)24-16-5-3-4-15(10-16)14-26-6-8-30-9-7-26/h3-5,10-11H,6-9,12-14H2,1-2H3,(H,24,28)(H,25,29). The van der Waals surface area contributed by atoms with Crippen molar-refractivity contribution in [3.05, 3.63) is 63.1 Å². The van der Waals surface area contributed by atoms with Gasteiger partial charge in [-0.25, -0.2) is 0 Å². The number of carbonyl (C=O) groups excluding carboxylic acids is 2. The topological polar surface area (TPSA) is 91.5 Å². The maximum Gasteiger partial charge on any atom is 0.261 e. The van der Waals surface area contributed by atoms with E-state index in [0.29, 0.717) is 29.8 Å². The van der Waals surface area contributed by atoms with Crippen LogP contribution in [0.1, 0.15) is 52.2 Å². The molecule has 4 rings (SSSR count). The monoisotopic (exact) mass is 409 g/mol. The van der Waals surface area contributed by atoms with E-state index in [2.05, 4.69) is 15.2 Å². The molecule has 0 saturated carbocycles. The van der Waals surface area contributed by atoms with E-state index in [9.17, 15) is 14.4 Å². The fourth-order valence-corrected chi connectivity index (χ4v) is 4.16. The number of benzene rings is 1. The predicted molar refractivity (Wildman–Crippen MR) is 114 cm³/mol. The third-order valence-corrected chi connectivity index (χ3v) is 5.66. The fourth-order valence-electron chi connectivity index (χ4n) is 4.16. The lowest BCUT2D eigenvalue weighted by atomic mass is 9.75. The molecular formula is C23H27N3O4. The van der Waals surface area contributed by atoms with E-state index >= 15 is 0 Å². The highest BCUT2D eigenvalue weighted by atomic mass is 16.5. The summed E-state index contributed by atoms with van der Waals surface area (Å²) in [4.78, 5) is 42.9. The van der Waals surface area contributed by atoms with Crippen molar-refractivity contribution in [2.75, 3.05) is 31.6 Å². The van der Waals surface area contributed by atoms with Gasteiger partial charge in [0.15, 0.2) is 5.78 Å². The number of pyridine rings is 1. The average molecular weight is 409 g/mol. The quantitative estimate of drug-likeness (QED) is 0.810. The number of carbonyl (C=O) groups is 2. The Hall–Kier alpha value is -2.77. The highest BCUT2D eigenvalue weighted by molar-refractivity contribution is 6.06. The van der Waals surface area contributed by atoms with Crippen LogP contribution in [0.3, 0.4) is 0 Å². The van der Waals surface area contributed by atoms with Crippen LogP contribution in [0.4, 0.5) is 5.69 Å². The molecule has 1 aromatic heterocycles. The first-order chi connectivity index (χ1) is 14.3. The van der Waals surface area contributed by atoms with Gasteiger partial charge in [0.1, 0.15) is 5.56 Å². The Morgan fingerprint density at radius 3 is 2.70 bits per heavy atom. The number of ether oxygens (including phenoxy) is 1. The van der Waals surface area contributed by atoms with Gasteiger partial charge in [0.05, 0.1) is 13.2 Å². The molecule has 0 radical (unpaired) electrons. The van der Waals surface area contributed by atoms with Gasteiger partial charge in [-0.2, -0.15) is 0 Å². The number of hydrogen-bond donors (Lipinski definition) is 2. The van der Waals surface area contributed by atoms with Gasteiger partial charge in [-0.1, -0.05) is 26.0 Å². The summed E-state index contributed by atoms with van der Waals surface area (Å²) in [5.41, 5.74) is 2.05. The zero-order valence-electron chi connectivity index (χ0n) is 17.4. The van der Waals surface area contributed by atoms with Crippen LogP contribution in [0, 0.1) is 5.41 Å². The third-order valence-electron chi connectivity index (χ3n) is 5.66. The third kappa shape index (κ3) is 4.52. The van der Waals surface area contributed by atoms with Gasteiger partial charge < -0.3 is 15.0 Å². The number of anilines is 1. The second-order valence-corrected chi connectivity index (χ2v) is 8.89. The van der Waals surface area contributed by atoms with Crippen LogP contribution >= 0.6 is 0 Å². The molecule has 2 heterocycles. The molecule has 0 unspecified atom stereocenters. The van der Waals surface area contributed by atoms with E-state index in [-0.39, 0.29) is 16.8 Å². The Morgan fingerprint density at radius 2 is 1.93 bits per heavy atom. The number of aromatic nitrogens is 1. The van der Waals surface area contributed by atoms with E-state index in [1.807, 2.05) is 32.0 Å². The van der Waals surface area contributed by atoms with Crippen molar-refractivity contribution in [3.63, 3.8) is 0 Å². The molecule has 0 bridgehead atoms. The summed E-state index contributed by atoms with van der Waals surface area (Å²) in [6.07, 6.45) is 1.01. The molecular weight excluding hydrogens is 382 g/mol. The molecule has 1 aliphatic carbocycles. The maximum absolute atomic E-state index is 12.8. The van der Waals surface area contributed by atoms with Gasteiger partial charge in [0, 0.05) is 43.0 Å². The number of aromatic amines is 1. The number of nitrogens with zero attached hydrogens (tertiary/aromatic N) is 1. The lowest BCUT2D eigenvalue weighted by Crippen LogP contribution is -2.35. The minimum Gasteiger partial charge on any atom is -0.379 e. The predicted octanol–water partition coefficient (Wildman–Crippen LogP) is 2.61. The summed E-state index contributed by atoms with van der Waals surface area (Å²) in [6, 6.07) is 9.04. The molecule has 1 amide bonds. The number of rotatable bonds is 4. The Morgan fingerprint density at radius 1 is 1.17 bits per heavy atom. The minimum atomic E-state index is -0.514. The number of fused-ring (bicyclic) bond motifs is 1. The fraction of sp³-hybridized carbons (Fsp3) is 0.435. The van der Waals surface area contributed by atoms with Gasteiger partial charge in [-0.15, -0.1) is 0 Å². The van der Waals surface area contributed by atoms with Crippen molar-refractivity contribution in [3.8, 4) is 0 Å². The summed E-state index contributed by atoms with van der Waals surface area (Å²) < 4.78 is 5.38. The molecule has 1 saturated heterocycles. The highest BCUT2D eigenvalue weighted by Gasteiger charge is 2.32. The number of nitrogens with one attached hydrogen (secondary N) is 2. The molecule has 2 aliphatic rings. The van der Waals surface area contributed by atoms with E-state index < -0.39 is 11.5 Å². The number of morpholine rings is 1.